The van der Waals surface area contributed by atoms with Crippen molar-refractivity contribution in [3.8, 4) is 5.75 Å². The molecule has 1 aliphatic rings. The summed E-state index contributed by atoms with van der Waals surface area (Å²) in [6.07, 6.45) is -1.22. The largest absolute Gasteiger partial charge is 0.496 e. The van der Waals surface area contributed by atoms with Crippen LogP contribution < -0.4 is 10.5 Å². The van der Waals surface area contributed by atoms with Gasteiger partial charge in [0.25, 0.3) is 0 Å². The molecule has 0 amide bonds. The third-order valence-corrected chi connectivity index (χ3v) is 3.24. The zero-order valence-corrected chi connectivity index (χ0v) is 11.4. The monoisotopic (exact) mass is 295 g/mol. The second-order valence-corrected chi connectivity index (χ2v) is 4.74. The molecule has 2 nitrogen and oxygen atoms in total. The van der Waals surface area contributed by atoms with Crippen LogP contribution in [0.3, 0.4) is 0 Å². The van der Waals surface area contributed by atoms with Crippen LogP contribution in [0.4, 0.5) is 13.2 Å². The summed E-state index contributed by atoms with van der Waals surface area (Å²) in [7, 11) is 1.36. The van der Waals surface area contributed by atoms with Crippen LogP contribution in [0.2, 0.25) is 0 Å². The molecule has 108 valence electrons. The number of halogens is 4. The van der Waals surface area contributed by atoms with Crippen molar-refractivity contribution in [3.63, 3.8) is 0 Å². The first-order valence-corrected chi connectivity index (χ1v) is 5.92. The predicted molar refractivity (Wildman–Crippen MR) is 69.5 cm³/mol. The van der Waals surface area contributed by atoms with Crippen LogP contribution in [0.15, 0.2) is 18.2 Å². The number of benzene rings is 1. The Hall–Kier alpha value is -0.940. The number of alkyl halides is 3. The average molecular weight is 296 g/mol. The molecule has 0 radical (unpaired) electrons. The molecule has 1 saturated carbocycles. The molecule has 1 aromatic carbocycles. The summed E-state index contributed by atoms with van der Waals surface area (Å²) < 4.78 is 42.7. The minimum Gasteiger partial charge on any atom is -0.496 e. The molecular weight excluding hydrogens is 279 g/mol. The van der Waals surface area contributed by atoms with Crippen molar-refractivity contribution in [3.05, 3.63) is 29.3 Å². The topological polar surface area (TPSA) is 35.2 Å². The molecule has 1 atom stereocenters. The van der Waals surface area contributed by atoms with Crippen molar-refractivity contribution in [1.29, 1.82) is 0 Å². The van der Waals surface area contributed by atoms with Gasteiger partial charge in [-0.3, -0.25) is 0 Å². The lowest BCUT2D eigenvalue weighted by molar-refractivity contribution is -0.137. The first-order chi connectivity index (χ1) is 8.41. The number of rotatable bonds is 4. The van der Waals surface area contributed by atoms with Crippen molar-refractivity contribution in [2.75, 3.05) is 7.11 Å². The quantitative estimate of drug-likeness (QED) is 0.913. The minimum absolute atomic E-state index is 0. The average Bonchev–Trinajstić information content (AvgIpc) is 3.10. The Morgan fingerprint density at radius 2 is 2.00 bits per heavy atom. The van der Waals surface area contributed by atoms with E-state index in [1.165, 1.54) is 13.2 Å². The van der Waals surface area contributed by atoms with Crippen molar-refractivity contribution in [2.45, 2.75) is 31.5 Å². The SMILES string of the molecule is COc1cc(C(F)(F)F)ccc1[C@H](N)CC1CC1.Cl. The van der Waals surface area contributed by atoms with Gasteiger partial charge in [-0.05, 0) is 24.5 Å². The lowest BCUT2D eigenvalue weighted by Crippen LogP contribution is -2.13. The minimum atomic E-state index is -4.35. The Balaban J connectivity index is 0.00000180. The molecule has 0 heterocycles. The summed E-state index contributed by atoms with van der Waals surface area (Å²) in [5.74, 6) is 0.838. The van der Waals surface area contributed by atoms with E-state index in [0.717, 1.165) is 31.4 Å². The predicted octanol–water partition coefficient (Wildman–Crippen LogP) is 3.94. The summed E-state index contributed by atoms with van der Waals surface area (Å²) >= 11 is 0. The molecule has 19 heavy (non-hydrogen) atoms. The first kappa shape index (κ1) is 16.1. The fraction of sp³-hybridized carbons (Fsp3) is 0.538. The van der Waals surface area contributed by atoms with E-state index >= 15 is 0 Å². The van der Waals surface area contributed by atoms with E-state index in [9.17, 15) is 13.2 Å². The number of hydrogen-bond donors (Lipinski definition) is 1. The molecule has 0 spiro atoms. The van der Waals surface area contributed by atoms with E-state index in [0.29, 0.717) is 11.5 Å². The number of hydrogen-bond acceptors (Lipinski definition) is 2. The molecule has 0 unspecified atom stereocenters. The molecule has 6 heteroatoms. The van der Waals surface area contributed by atoms with Crippen LogP contribution >= 0.6 is 12.4 Å². The van der Waals surface area contributed by atoms with Crippen LogP contribution in [-0.2, 0) is 6.18 Å². The van der Waals surface area contributed by atoms with Gasteiger partial charge in [0.15, 0.2) is 0 Å². The van der Waals surface area contributed by atoms with Crippen LogP contribution in [-0.4, -0.2) is 7.11 Å². The number of methoxy groups -OCH3 is 1. The van der Waals surface area contributed by atoms with E-state index in [1.807, 2.05) is 0 Å². The third kappa shape index (κ3) is 4.01. The van der Waals surface area contributed by atoms with Gasteiger partial charge < -0.3 is 10.5 Å². The molecule has 0 aromatic heterocycles. The fourth-order valence-electron chi connectivity index (χ4n) is 2.03. The molecule has 1 fully saturated rings. The van der Waals surface area contributed by atoms with Gasteiger partial charge in [-0.1, -0.05) is 18.9 Å². The standard InChI is InChI=1S/C13H16F3NO.ClH/c1-18-12-7-9(13(14,15)16)4-5-10(12)11(17)6-8-2-3-8;/h4-5,7-8,11H,2-3,6,17H2,1H3;1H/t11-;/m1./s1. The van der Waals surface area contributed by atoms with Crippen molar-refractivity contribution < 1.29 is 17.9 Å². The highest BCUT2D eigenvalue weighted by atomic mass is 35.5. The highest BCUT2D eigenvalue weighted by Gasteiger charge is 2.32. The summed E-state index contributed by atoms with van der Waals surface area (Å²) in [6.45, 7) is 0. The van der Waals surface area contributed by atoms with Crippen LogP contribution in [0.1, 0.15) is 36.4 Å². The Kier molecular flexibility index (Phi) is 5.10. The Morgan fingerprint density at radius 3 is 2.47 bits per heavy atom. The third-order valence-electron chi connectivity index (χ3n) is 3.24. The maximum atomic E-state index is 12.6. The second-order valence-electron chi connectivity index (χ2n) is 4.74. The van der Waals surface area contributed by atoms with E-state index in [-0.39, 0.29) is 24.2 Å². The van der Waals surface area contributed by atoms with Gasteiger partial charge >= 0.3 is 6.18 Å². The molecule has 1 aromatic rings. The van der Waals surface area contributed by atoms with Crippen LogP contribution in [0.5, 0.6) is 5.75 Å². The number of nitrogens with two attached hydrogens (primary N) is 1. The maximum absolute atomic E-state index is 12.6. The smallest absolute Gasteiger partial charge is 0.416 e. The lowest BCUT2D eigenvalue weighted by atomic mass is 9.99. The first-order valence-electron chi connectivity index (χ1n) is 5.92. The van der Waals surface area contributed by atoms with Gasteiger partial charge in [0.2, 0.25) is 0 Å². The normalized spacial score (nSPS) is 16.7. The molecule has 1 aliphatic carbocycles. The van der Waals surface area contributed by atoms with Crippen LogP contribution in [0.25, 0.3) is 0 Å². The van der Waals surface area contributed by atoms with Crippen molar-refractivity contribution in [1.82, 2.24) is 0 Å². The van der Waals surface area contributed by atoms with E-state index < -0.39 is 11.7 Å². The van der Waals surface area contributed by atoms with Gasteiger partial charge in [0.1, 0.15) is 5.75 Å². The lowest BCUT2D eigenvalue weighted by Gasteiger charge is -2.17. The van der Waals surface area contributed by atoms with Gasteiger partial charge in [-0.25, -0.2) is 0 Å². The highest BCUT2D eigenvalue weighted by molar-refractivity contribution is 5.85. The van der Waals surface area contributed by atoms with Gasteiger partial charge in [0, 0.05) is 11.6 Å². The summed E-state index contributed by atoms with van der Waals surface area (Å²) in [5, 5.41) is 0. The summed E-state index contributed by atoms with van der Waals surface area (Å²) in [6, 6.07) is 3.25. The maximum Gasteiger partial charge on any atom is 0.416 e. The molecule has 2 rings (SSSR count). The summed E-state index contributed by atoms with van der Waals surface area (Å²) in [5.41, 5.74) is 5.95. The zero-order valence-electron chi connectivity index (χ0n) is 10.5. The van der Waals surface area contributed by atoms with Crippen molar-refractivity contribution in [2.24, 2.45) is 11.7 Å². The Morgan fingerprint density at radius 1 is 1.37 bits per heavy atom. The molecule has 0 aliphatic heterocycles. The van der Waals surface area contributed by atoms with Crippen LogP contribution in [0, 0.1) is 5.92 Å². The van der Waals surface area contributed by atoms with E-state index in [1.54, 1.807) is 0 Å². The molecule has 0 bridgehead atoms. The molecule has 0 saturated heterocycles. The number of ether oxygens (including phenoxy) is 1. The Labute approximate surface area is 116 Å². The molecular formula is C13H17ClF3NO. The van der Waals surface area contributed by atoms with E-state index in [2.05, 4.69) is 0 Å². The highest BCUT2D eigenvalue weighted by Crippen LogP contribution is 2.40. The van der Waals surface area contributed by atoms with Gasteiger partial charge in [-0.15, -0.1) is 12.4 Å². The van der Waals surface area contributed by atoms with Crippen molar-refractivity contribution >= 4 is 12.4 Å². The fourth-order valence-corrected chi connectivity index (χ4v) is 2.03. The second kappa shape index (κ2) is 6.01. The zero-order chi connectivity index (χ0) is 13.3. The Bertz CT molecular complexity index is 432. The summed E-state index contributed by atoms with van der Waals surface area (Å²) in [4.78, 5) is 0. The van der Waals surface area contributed by atoms with Gasteiger partial charge in [-0.2, -0.15) is 13.2 Å². The van der Waals surface area contributed by atoms with Gasteiger partial charge in [0.05, 0.1) is 12.7 Å². The molecule has 2 N–H and O–H groups in total. The van der Waals surface area contributed by atoms with E-state index in [4.69, 9.17) is 10.5 Å².